The first-order valence-electron chi connectivity index (χ1n) is 8.71. The normalized spacial score (nSPS) is 18.1. The van der Waals surface area contributed by atoms with E-state index in [0.29, 0.717) is 25.7 Å². The fourth-order valence-corrected chi connectivity index (χ4v) is 3.21. The zero-order valence-electron chi connectivity index (χ0n) is 15.3. The minimum absolute atomic E-state index is 0.238. The average molecular weight is 385 g/mol. The Bertz CT molecular complexity index is 671. The summed E-state index contributed by atoms with van der Waals surface area (Å²) in [5.41, 5.74) is 0.965. The Balaban J connectivity index is 1.67. The molecule has 3 N–H and O–H groups in total. The Hall–Kier alpha value is -1.68. The Labute approximate surface area is 155 Å². The van der Waals surface area contributed by atoms with Crippen LogP contribution in [0.25, 0.3) is 0 Å². The van der Waals surface area contributed by atoms with E-state index in [1.807, 2.05) is 0 Å². The fraction of sp³-hybridized carbons (Fsp3) is 0.588. The molecule has 9 heteroatoms. The molecule has 1 atom stereocenters. The van der Waals surface area contributed by atoms with E-state index in [1.54, 1.807) is 31.3 Å². The van der Waals surface area contributed by atoms with E-state index < -0.39 is 10.0 Å². The van der Waals surface area contributed by atoms with Crippen LogP contribution in [0.5, 0.6) is 0 Å². The van der Waals surface area contributed by atoms with Gasteiger partial charge in [0.2, 0.25) is 10.0 Å². The van der Waals surface area contributed by atoms with Gasteiger partial charge in [0.05, 0.1) is 17.6 Å². The van der Waals surface area contributed by atoms with Crippen molar-refractivity contribution in [1.29, 1.82) is 0 Å². The molecule has 146 valence electrons. The van der Waals surface area contributed by atoms with Gasteiger partial charge in [-0.05, 0) is 37.6 Å². The maximum Gasteiger partial charge on any atom is 0.240 e. The summed E-state index contributed by atoms with van der Waals surface area (Å²) in [5, 5.41) is 6.43. The van der Waals surface area contributed by atoms with Crippen LogP contribution in [0, 0.1) is 0 Å². The van der Waals surface area contributed by atoms with E-state index in [1.165, 1.54) is 7.05 Å². The summed E-state index contributed by atoms with van der Waals surface area (Å²) in [7, 11) is -0.292. The van der Waals surface area contributed by atoms with Crippen molar-refractivity contribution in [1.82, 2.24) is 15.4 Å². The van der Waals surface area contributed by atoms with Crippen LogP contribution in [0.1, 0.15) is 18.4 Å². The van der Waals surface area contributed by atoms with Crippen molar-refractivity contribution in [3.05, 3.63) is 29.8 Å². The standard InChI is InChI=1S/C17H28N4O4S/c1-18-17(20-9-3-10-25-15-8-11-24-13-15)21-12-14-4-6-16(7-5-14)26(22,23)19-2/h4-7,15,19H,3,8-13H2,1-2H3,(H2,18,20,21). The highest BCUT2D eigenvalue weighted by molar-refractivity contribution is 7.89. The number of nitrogens with zero attached hydrogens (tertiary/aromatic N) is 1. The quantitative estimate of drug-likeness (QED) is 0.325. The maximum atomic E-state index is 11.7. The first-order chi connectivity index (χ1) is 12.5. The highest BCUT2D eigenvalue weighted by atomic mass is 32.2. The molecule has 0 saturated carbocycles. The van der Waals surface area contributed by atoms with Gasteiger partial charge in [0.1, 0.15) is 0 Å². The summed E-state index contributed by atoms with van der Waals surface area (Å²) >= 11 is 0. The predicted octanol–water partition coefficient (Wildman–Crippen LogP) is 0.455. The van der Waals surface area contributed by atoms with E-state index in [9.17, 15) is 8.42 Å². The number of aliphatic imine (C=N–C) groups is 1. The lowest BCUT2D eigenvalue weighted by Crippen LogP contribution is -2.37. The second-order valence-corrected chi connectivity index (χ2v) is 7.80. The minimum atomic E-state index is -3.40. The van der Waals surface area contributed by atoms with Gasteiger partial charge in [-0.25, -0.2) is 13.1 Å². The first kappa shape index (κ1) is 20.6. The molecular weight excluding hydrogens is 356 g/mol. The third kappa shape index (κ3) is 6.56. The highest BCUT2D eigenvalue weighted by Gasteiger charge is 2.15. The zero-order chi connectivity index (χ0) is 18.8. The van der Waals surface area contributed by atoms with Crippen molar-refractivity contribution in [2.75, 3.05) is 40.5 Å². The minimum Gasteiger partial charge on any atom is -0.379 e. The Morgan fingerprint density at radius 3 is 2.69 bits per heavy atom. The molecule has 1 aliphatic rings. The summed E-state index contributed by atoms with van der Waals surface area (Å²) in [4.78, 5) is 4.43. The molecule has 1 saturated heterocycles. The molecule has 1 heterocycles. The lowest BCUT2D eigenvalue weighted by molar-refractivity contribution is 0.0420. The van der Waals surface area contributed by atoms with Crippen LogP contribution >= 0.6 is 0 Å². The lowest BCUT2D eigenvalue weighted by atomic mass is 10.2. The SMILES string of the molecule is CN=C(NCCCOC1CCOC1)NCc1ccc(S(=O)(=O)NC)cc1. The van der Waals surface area contributed by atoms with Gasteiger partial charge >= 0.3 is 0 Å². The number of rotatable bonds is 9. The maximum absolute atomic E-state index is 11.7. The monoisotopic (exact) mass is 384 g/mol. The van der Waals surface area contributed by atoms with Crippen LogP contribution in [0.4, 0.5) is 0 Å². The third-order valence-electron chi connectivity index (χ3n) is 4.04. The number of hydrogen-bond acceptors (Lipinski definition) is 5. The van der Waals surface area contributed by atoms with Crippen LogP contribution in [0.15, 0.2) is 34.2 Å². The second-order valence-electron chi connectivity index (χ2n) is 5.91. The van der Waals surface area contributed by atoms with E-state index >= 15 is 0 Å². The number of benzene rings is 1. The van der Waals surface area contributed by atoms with Crippen molar-refractivity contribution in [2.45, 2.75) is 30.4 Å². The Morgan fingerprint density at radius 1 is 1.31 bits per heavy atom. The molecule has 0 aliphatic carbocycles. The molecule has 2 rings (SSSR count). The summed E-state index contributed by atoms with van der Waals surface area (Å²) in [6, 6.07) is 6.73. The number of sulfonamides is 1. The molecule has 0 radical (unpaired) electrons. The number of hydrogen-bond donors (Lipinski definition) is 3. The Morgan fingerprint density at radius 2 is 2.08 bits per heavy atom. The molecule has 1 aliphatic heterocycles. The highest BCUT2D eigenvalue weighted by Crippen LogP contribution is 2.10. The van der Waals surface area contributed by atoms with Gasteiger partial charge in [-0.15, -0.1) is 0 Å². The molecule has 0 spiro atoms. The van der Waals surface area contributed by atoms with Crippen molar-refractivity contribution < 1.29 is 17.9 Å². The van der Waals surface area contributed by atoms with Gasteiger partial charge in [-0.2, -0.15) is 0 Å². The second kappa shape index (κ2) is 10.5. The molecule has 0 aromatic heterocycles. The summed E-state index contributed by atoms with van der Waals surface area (Å²) in [5.74, 6) is 0.695. The van der Waals surface area contributed by atoms with E-state index in [0.717, 1.165) is 31.6 Å². The molecule has 1 aromatic rings. The summed E-state index contributed by atoms with van der Waals surface area (Å²) < 4.78 is 36.7. The van der Waals surface area contributed by atoms with Crippen LogP contribution in [0.3, 0.4) is 0 Å². The fourth-order valence-electron chi connectivity index (χ4n) is 2.48. The molecule has 0 amide bonds. The van der Waals surface area contributed by atoms with Gasteiger partial charge in [0.25, 0.3) is 0 Å². The van der Waals surface area contributed by atoms with Crippen LogP contribution in [0.2, 0.25) is 0 Å². The average Bonchev–Trinajstić information content (AvgIpc) is 3.17. The number of guanidine groups is 1. The van der Waals surface area contributed by atoms with Crippen molar-refractivity contribution >= 4 is 16.0 Å². The van der Waals surface area contributed by atoms with Crippen molar-refractivity contribution in [3.8, 4) is 0 Å². The van der Waals surface area contributed by atoms with Gasteiger partial charge < -0.3 is 20.1 Å². The first-order valence-corrected chi connectivity index (χ1v) is 10.2. The van der Waals surface area contributed by atoms with E-state index in [2.05, 4.69) is 20.3 Å². The zero-order valence-corrected chi connectivity index (χ0v) is 16.1. The molecule has 1 aromatic carbocycles. The third-order valence-corrected chi connectivity index (χ3v) is 5.47. The molecule has 0 bridgehead atoms. The molecule has 1 fully saturated rings. The van der Waals surface area contributed by atoms with Crippen LogP contribution in [-0.2, 0) is 26.0 Å². The summed E-state index contributed by atoms with van der Waals surface area (Å²) in [6.07, 6.45) is 2.10. The predicted molar refractivity (Wildman–Crippen MR) is 101 cm³/mol. The van der Waals surface area contributed by atoms with Gasteiger partial charge in [0.15, 0.2) is 5.96 Å². The number of ether oxygens (including phenoxy) is 2. The van der Waals surface area contributed by atoms with Crippen LogP contribution < -0.4 is 15.4 Å². The summed E-state index contributed by atoms with van der Waals surface area (Å²) in [6.45, 7) is 3.49. The van der Waals surface area contributed by atoms with E-state index in [-0.39, 0.29) is 11.0 Å². The number of nitrogens with one attached hydrogen (secondary N) is 3. The molecule has 1 unspecified atom stereocenters. The van der Waals surface area contributed by atoms with Crippen molar-refractivity contribution in [2.24, 2.45) is 4.99 Å². The van der Waals surface area contributed by atoms with Gasteiger partial charge in [0, 0.05) is 33.4 Å². The molecular formula is C17H28N4O4S. The topological polar surface area (TPSA) is 101 Å². The Kier molecular flexibility index (Phi) is 8.30. The molecule has 26 heavy (non-hydrogen) atoms. The largest absolute Gasteiger partial charge is 0.379 e. The smallest absolute Gasteiger partial charge is 0.240 e. The van der Waals surface area contributed by atoms with E-state index in [4.69, 9.17) is 9.47 Å². The molecule has 8 nitrogen and oxygen atoms in total. The van der Waals surface area contributed by atoms with Crippen molar-refractivity contribution in [3.63, 3.8) is 0 Å². The van der Waals surface area contributed by atoms with Gasteiger partial charge in [-0.3, -0.25) is 4.99 Å². The van der Waals surface area contributed by atoms with Gasteiger partial charge in [-0.1, -0.05) is 12.1 Å². The lowest BCUT2D eigenvalue weighted by Gasteiger charge is -2.13. The van der Waals surface area contributed by atoms with Crippen LogP contribution in [-0.4, -0.2) is 60.9 Å².